The molecule has 0 bridgehead atoms. The number of hydrogen-bond donors (Lipinski definition) is 0. The molecule has 0 heterocycles. The second-order valence-corrected chi connectivity index (χ2v) is 10.6. The SMILES string of the molecule is C=C(CCCCCCCC)CO[Si](CC)(CC)CC. The van der Waals surface area contributed by atoms with Crippen molar-refractivity contribution < 1.29 is 4.43 Å². The van der Waals surface area contributed by atoms with Crippen molar-refractivity contribution >= 4 is 8.32 Å². The molecule has 0 aromatic rings. The van der Waals surface area contributed by atoms with Gasteiger partial charge in [0.15, 0.2) is 8.32 Å². The molecule has 0 aliphatic heterocycles. The normalized spacial score (nSPS) is 11.8. The quantitative estimate of drug-likeness (QED) is 0.218. The molecule has 0 amide bonds. The summed E-state index contributed by atoms with van der Waals surface area (Å²) in [5, 5.41) is 0. The van der Waals surface area contributed by atoms with E-state index in [1.807, 2.05) is 0 Å². The van der Waals surface area contributed by atoms with Gasteiger partial charge in [-0.1, -0.05) is 72.0 Å². The zero-order chi connectivity index (χ0) is 14.6. The molecule has 0 N–H and O–H groups in total. The smallest absolute Gasteiger partial charge is 0.192 e. The van der Waals surface area contributed by atoms with Gasteiger partial charge < -0.3 is 4.43 Å². The Morgan fingerprint density at radius 3 is 1.89 bits per heavy atom. The zero-order valence-corrected chi connectivity index (χ0v) is 14.9. The number of rotatable bonds is 13. The van der Waals surface area contributed by atoms with E-state index in [1.54, 1.807) is 0 Å². The van der Waals surface area contributed by atoms with Crippen LogP contribution in [-0.2, 0) is 4.43 Å². The molecule has 0 unspecified atom stereocenters. The first-order valence-electron chi connectivity index (χ1n) is 8.44. The van der Waals surface area contributed by atoms with Crippen molar-refractivity contribution in [3.8, 4) is 0 Å². The van der Waals surface area contributed by atoms with Gasteiger partial charge in [0.25, 0.3) is 0 Å². The van der Waals surface area contributed by atoms with Crippen molar-refractivity contribution in [3.05, 3.63) is 12.2 Å². The highest BCUT2D eigenvalue weighted by Crippen LogP contribution is 2.23. The van der Waals surface area contributed by atoms with Crippen molar-refractivity contribution in [2.24, 2.45) is 0 Å². The lowest BCUT2D eigenvalue weighted by Gasteiger charge is -2.28. The molecular formula is C17H36OSi. The van der Waals surface area contributed by atoms with Gasteiger partial charge in [0, 0.05) is 0 Å². The van der Waals surface area contributed by atoms with Crippen molar-refractivity contribution in [2.75, 3.05) is 6.61 Å². The van der Waals surface area contributed by atoms with Crippen molar-refractivity contribution in [3.63, 3.8) is 0 Å². The van der Waals surface area contributed by atoms with E-state index in [-0.39, 0.29) is 0 Å². The van der Waals surface area contributed by atoms with Gasteiger partial charge in [-0.3, -0.25) is 0 Å². The summed E-state index contributed by atoms with van der Waals surface area (Å²) in [6.45, 7) is 14.1. The lowest BCUT2D eigenvalue weighted by atomic mass is 10.1. The fourth-order valence-electron chi connectivity index (χ4n) is 2.54. The molecule has 114 valence electrons. The largest absolute Gasteiger partial charge is 0.413 e. The highest BCUT2D eigenvalue weighted by molar-refractivity contribution is 6.73. The van der Waals surface area contributed by atoms with Gasteiger partial charge in [-0.15, -0.1) is 0 Å². The van der Waals surface area contributed by atoms with Gasteiger partial charge in [0.1, 0.15) is 0 Å². The van der Waals surface area contributed by atoms with Gasteiger partial charge in [-0.2, -0.15) is 0 Å². The van der Waals surface area contributed by atoms with E-state index in [2.05, 4.69) is 34.3 Å². The van der Waals surface area contributed by atoms with Crippen LogP contribution in [0.4, 0.5) is 0 Å². The van der Waals surface area contributed by atoms with Gasteiger partial charge in [-0.05, 0) is 31.0 Å². The topological polar surface area (TPSA) is 9.23 Å². The van der Waals surface area contributed by atoms with E-state index in [1.165, 1.54) is 62.2 Å². The summed E-state index contributed by atoms with van der Waals surface area (Å²) in [7, 11) is -1.41. The van der Waals surface area contributed by atoms with Crippen LogP contribution >= 0.6 is 0 Å². The minimum Gasteiger partial charge on any atom is -0.413 e. The van der Waals surface area contributed by atoms with Crippen LogP contribution in [0.3, 0.4) is 0 Å². The molecule has 0 atom stereocenters. The Morgan fingerprint density at radius 2 is 1.37 bits per heavy atom. The molecule has 0 aliphatic rings. The third kappa shape index (κ3) is 8.64. The first-order valence-corrected chi connectivity index (χ1v) is 11.0. The predicted molar refractivity (Wildman–Crippen MR) is 90.3 cm³/mol. The maximum atomic E-state index is 6.27. The van der Waals surface area contributed by atoms with E-state index < -0.39 is 8.32 Å². The average Bonchev–Trinajstić information content (AvgIpc) is 2.45. The van der Waals surface area contributed by atoms with Crippen LogP contribution in [0.1, 0.15) is 72.6 Å². The Morgan fingerprint density at radius 1 is 0.842 bits per heavy atom. The van der Waals surface area contributed by atoms with E-state index in [0.29, 0.717) is 0 Å². The number of unbranched alkanes of at least 4 members (excludes halogenated alkanes) is 5. The third-order valence-corrected chi connectivity index (χ3v) is 9.02. The maximum absolute atomic E-state index is 6.27. The summed E-state index contributed by atoms with van der Waals surface area (Å²) in [6.07, 6.45) is 9.33. The van der Waals surface area contributed by atoms with E-state index in [4.69, 9.17) is 4.43 Å². The minimum absolute atomic E-state index is 0.816. The molecule has 2 heteroatoms. The van der Waals surface area contributed by atoms with Crippen LogP contribution in [0.5, 0.6) is 0 Å². The summed E-state index contributed by atoms with van der Waals surface area (Å²) in [5.41, 5.74) is 1.31. The second-order valence-electron chi connectivity index (χ2n) is 5.80. The summed E-state index contributed by atoms with van der Waals surface area (Å²) in [5.74, 6) is 0. The zero-order valence-electron chi connectivity index (χ0n) is 13.9. The Hall–Kier alpha value is -0.0831. The van der Waals surface area contributed by atoms with Crippen LogP contribution in [0, 0.1) is 0 Å². The van der Waals surface area contributed by atoms with Crippen molar-refractivity contribution in [1.82, 2.24) is 0 Å². The molecule has 0 saturated carbocycles. The molecule has 0 aliphatic carbocycles. The highest BCUT2D eigenvalue weighted by Gasteiger charge is 2.28. The van der Waals surface area contributed by atoms with Crippen molar-refractivity contribution in [2.45, 2.75) is 90.8 Å². The van der Waals surface area contributed by atoms with Crippen LogP contribution in [0.15, 0.2) is 12.2 Å². The second kappa shape index (κ2) is 11.7. The summed E-state index contributed by atoms with van der Waals surface area (Å²) in [6, 6.07) is 3.72. The van der Waals surface area contributed by atoms with Crippen LogP contribution < -0.4 is 0 Å². The molecule has 0 fully saturated rings. The lowest BCUT2D eigenvalue weighted by Crippen LogP contribution is -2.36. The lowest BCUT2D eigenvalue weighted by molar-refractivity contribution is 0.327. The Kier molecular flexibility index (Phi) is 11.7. The van der Waals surface area contributed by atoms with E-state index in [9.17, 15) is 0 Å². The van der Waals surface area contributed by atoms with Crippen LogP contribution in [0.25, 0.3) is 0 Å². The number of hydrogen-bond acceptors (Lipinski definition) is 1. The molecule has 0 radical (unpaired) electrons. The summed E-state index contributed by atoms with van der Waals surface area (Å²) < 4.78 is 6.27. The van der Waals surface area contributed by atoms with Crippen LogP contribution in [-0.4, -0.2) is 14.9 Å². The maximum Gasteiger partial charge on any atom is 0.192 e. The van der Waals surface area contributed by atoms with E-state index in [0.717, 1.165) is 13.0 Å². The summed E-state index contributed by atoms with van der Waals surface area (Å²) in [4.78, 5) is 0. The average molecular weight is 285 g/mol. The Bertz CT molecular complexity index is 213. The molecule has 1 nitrogen and oxygen atoms in total. The van der Waals surface area contributed by atoms with Gasteiger partial charge >= 0.3 is 0 Å². The van der Waals surface area contributed by atoms with Crippen LogP contribution in [0.2, 0.25) is 18.1 Å². The fraction of sp³-hybridized carbons (Fsp3) is 0.882. The standard InChI is InChI=1S/C17H36OSi/c1-6-10-11-12-13-14-15-17(5)16-18-19(7-2,8-3)9-4/h5-16H2,1-4H3. The minimum atomic E-state index is -1.41. The Labute approximate surface area is 123 Å². The molecular weight excluding hydrogens is 248 g/mol. The first-order chi connectivity index (χ1) is 9.14. The van der Waals surface area contributed by atoms with Gasteiger partial charge in [-0.25, -0.2) is 0 Å². The van der Waals surface area contributed by atoms with Gasteiger partial charge in [0.2, 0.25) is 0 Å². The third-order valence-electron chi connectivity index (χ3n) is 4.40. The molecule has 0 spiro atoms. The predicted octanol–water partition coefficient (Wildman–Crippen LogP) is 6.32. The van der Waals surface area contributed by atoms with E-state index >= 15 is 0 Å². The molecule has 0 aromatic heterocycles. The fourth-order valence-corrected chi connectivity index (χ4v) is 5.16. The molecule has 0 saturated heterocycles. The molecule has 0 rings (SSSR count). The van der Waals surface area contributed by atoms with Gasteiger partial charge in [0.05, 0.1) is 6.61 Å². The molecule has 0 aromatic carbocycles. The summed E-state index contributed by atoms with van der Waals surface area (Å²) >= 11 is 0. The highest BCUT2D eigenvalue weighted by atomic mass is 28.4. The van der Waals surface area contributed by atoms with Crippen molar-refractivity contribution in [1.29, 1.82) is 0 Å². The first kappa shape index (κ1) is 18.9. The Balaban J connectivity index is 3.69. The molecule has 19 heavy (non-hydrogen) atoms. The monoisotopic (exact) mass is 284 g/mol.